The number of fused-ring (bicyclic) bond motifs is 1. The molecule has 3 N–H and O–H groups in total. The molecule has 3 rings (SSSR count). The standard InChI is InChI=1S/C30H38F2N6O5/c1-30(2,3)15-19-25(32)20(31)14-22-26(19)35-23(33-22)17-38-13-9-11-21(28(38)41)34-27(40)18(16-37(6)29(42)43)10-7-8-12-24(39)36(4)5/h8-9,11-14,18H,7,10,15-17H2,1-6H3,(H,33,35)(H,34,40)(H,42,43)/b12-8+/t18-/m0/s1. The quantitative estimate of drug-likeness (QED) is 0.282. The van der Waals surface area contributed by atoms with Gasteiger partial charge in [0.1, 0.15) is 11.5 Å². The SMILES string of the molecule is CN(C)C(=O)/C=C/CC[C@@H](CN(C)C(=O)O)C(=O)Nc1cccn(Cc2nc3c(CC(C)(C)C)c(F)c(F)cc3[nH]2)c1=O. The zero-order valence-corrected chi connectivity index (χ0v) is 25.2. The van der Waals surface area contributed by atoms with Gasteiger partial charge in [0.2, 0.25) is 11.8 Å². The molecule has 0 radical (unpaired) electrons. The van der Waals surface area contributed by atoms with E-state index in [1.165, 1.54) is 34.9 Å². The lowest BCUT2D eigenvalue weighted by Gasteiger charge is -2.21. The zero-order chi connectivity index (χ0) is 32.1. The van der Waals surface area contributed by atoms with E-state index in [0.717, 1.165) is 11.0 Å². The summed E-state index contributed by atoms with van der Waals surface area (Å²) in [4.78, 5) is 59.4. The molecular weight excluding hydrogens is 562 g/mol. The fraction of sp³-hybridized carbons (Fsp3) is 0.433. The minimum atomic E-state index is -1.21. The van der Waals surface area contributed by atoms with Crippen LogP contribution in [-0.2, 0) is 22.6 Å². The summed E-state index contributed by atoms with van der Waals surface area (Å²) in [6, 6.07) is 4.01. The van der Waals surface area contributed by atoms with Crippen molar-refractivity contribution in [1.82, 2.24) is 24.3 Å². The number of amides is 3. The Bertz CT molecular complexity index is 1590. The highest BCUT2D eigenvalue weighted by Gasteiger charge is 2.24. The van der Waals surface area contributed by atoms with Crippen LogP contribution in [0.4, 0.5) is 19.3 Å². The molecule has 0 fully saturated rings. The maximum absolute atomic E-state index is 14.7. The summed E-state index contributed by atoms with van der Waals surface area (Å²) in [5, 5.41) is 11.9. The number of benzene rings is 1. The van der Waals surface area contributed by atoms with Gasteiger partial charge in [-0.25, -0.2) is 18.6 Å². The summed E-state index contributed by atoms with van der Waals surface area (Å²) in [5.74, 6) is -3.25. The maximum atomic E-state index is 14.7. The smallest absolute Gasteiger partial charge is 0.407 e. The number of H-pyrrole nitrogens is 1. The van der Waals surface area contributed by atoms with Crippen molar-refractivity contribution in [3.8, 4) is 0 Å². The Morgan fingerprint density at radius 3 is 2.53 bits per heavy atom. The summed E-state index contributed by atoms with van der Waals surface area (Å²) in [6.45, 7) is 5.53. The Kier molecular flexibility index (Phi) is 10.4. The molecule has 3 aromatic rings. The third-order valence-corrected chi connectivity index (χ3v) is 6.69. The number of carbonyl (C=O) groups excluding carboxylic acids is 2. The lowest BCUT2D eigenvalue weighted by molar-refractivity contribution is -0.123. The van der Waals surface area contributed by atoms with E-state index in [1.54, 1.807) is 26.2 Å². The molecule has 1 atom stereocenters. The van der Waals surface area contributed by atoms with E-state index in [9.17, 15) is 33.1 Å². The first-order valence-corrected chi connectivity index (χ1v) is 13.7. The van der Waals surface area contributed by atoms with Gasteiger partial charge in [-0.05, 0) is 42.9 Å². The first kappa shape index (κ1) is 33.0. The molecule has 0 saturated carbocycles. The van der Waals surface area contributed by atoms with Crippen LogP contribution in [0.1, 0.15) is 45.0 Å². The zero-order valence-electron chi connectivity index (χ0n) is 25.2. The minimum absolute atomic E-state index is 0.0320. The van der Waals surface area contributed by atoms with E-state index in [-0.39, 0.29) is 54.0 Å². The number of allylic oxidation sites excluding steroid dienone is 1. The molecule has 2 heterocycles. The van der Waals surface area contributed by atoms with E-state index in [0.29, 0.717) is 17.8 Å². The molecule has 0 aliphatic heterocycles. The average Bonchev–Trinajstić information content (AvgIpc) is 3.31. The maximum Gasteiger partial charge on any atom is 0.407 e. The molecule has 13 heteroatoms. The van der Waals surface area contributed by atoms with Crippen molar-refractivity contribution in [3.05, 3.63) is 69.9 Å². The van der Waals surface area contributed by atoms with E-state index in [4.69, 9.17) is 0 Å². The molecule has 0 saturated heterocycles. The number of halogens is 2. The topological polar surface area (TPSA) is 141 Å². The summed E-state index contributed by atoms with van der Waals surface area (Å²) in [7, 11) is 4.55. The molecule has 1 aromatic carbocycles. The Balaban J connectivity index is 1.83. The number of pyridine rings is 1. The van der Waals surface area contributed by atoms with Crippen molar-refractivity contribution >= 4 is 34.6 Å². The predicted molar refractivity (Wildman–Crippen MR) is 159 cm³/mol. The molecule has 3 amide bonds. The molecule has 0 bridgehead atoms. The van der Waals surface area contributed by atoms with Gasteiger partial charge in [0, 0.05) is 45.5 Å². The molecule has 0 aliphatic carbocycles. The Hall–Kier alpha value is -4.55. The number of hydrogen-bond acceptors (Lipinski definition) is 5. The van der Waals surface area contributed by atoms with Crippen LogP contribution >= 0.6 is 0 Å². The van der Waals surface area contributed by atoms with Gasteiger partial charge in [-0.3, -0.25) is 14.4 Å². The van der Waals surface area contributed by atoms with Gasteiger partial charge >= 0.3 is 6.09 Å². The highest BCUT2D eigenvalue weighted by atomic mass is 19.2. The summed E-state index contributed by atoms with van der Waals surface area (Å²) >= 11 is 0. The van der Waals surface area contributed by atoms with Crippen molar-refractivity contribution < 1.29 is 28.3 Å². The molecule has 0 unspecified atom stereocenters. The van der Waals surface area contributed by atoms with Crippen LogP contribution in [0.15, 0.2) is 41.3 Å². The van der Waals surface area contributed by atoms with Crippen molar-refractivity contribution in [1.29, 1.82) is 0 Å². The minimum Gasteiger partial charge on any atom is -0.465 e. The van der Waals surface area contributed by atoms with Gasteiger partial charge in [0.05, 0.1) is 23.5 Å². The molecule has 2 aromatic heterocycles. The molecule has 0 aliphatic rings. The number of likely N-dealkylation sites (N-methyl/N-ethyl adjacent to an activating group) is 1. The summed E-state index contributed by atoms with van der Waals surface area (Å²) in [5.41, 5.74) is -0.177. The number of carbonyl (C=O) groups is 3. The van der Waals surface area contributed by atoms with Gasteiger partial charge < -0.3 is 29.8 Å². The molecular formula is C30H38F2N6O5. The molecule has 11 nitrogen and oxygen atoms in total. The Morgan fingerprint density at radius 1 is 1.21 bits per heavy atom. The van der Waals surface area contributed by atoms with Crippen molar-refractivity contribution in [2.45, 2.75) is 46.6 Å². The number of nitrogens with zero attached hydrogens (tertiary/aromatic N) is 4. The van der Waals surface area contributed by atoms with Crippen LogP contribution in [-0.4, -0.2) is 75.0 Å². The number of carboxylic acid groups (broad SMARTS) is 1. The second kappa shape index (κ2) is 13.6. The van der Waals surface area contributed by atoms with Crippen LogP contribution in [0.25, 0.3) is 11.0 Å². The second-order valence-corrected chi connectivity index (χ2v) is 11.9. The van der Waals surface area contributed by atoms with Crippen molar-refractivity contribution in [3.63, 3.8) is 0 Å². The first-order chi connectivity index (χ1) is 20.1. The number of aromatic nitrogens is 3. The Labute approximate surface area is 248 Å². The molecule has 232 valence electrons. The normalized spacial score (nSPS) is 12.5. The number of nitrogens with one attached hydrogen (secondary N) is 2. The van der Waals surface area contributed by atoms with E-state index in [1.807, 2.05) is 20.8 Å². The largest absolute Gasteiger partial charge is 0.465 e. The second-order valence-electron chi connectivity index (χ2n) is 11.9. The van der Waals surface area contributed by atoms with Gasteiger partial charge in [-0.15, -0.1) is 0 Å². The first-order valence-electron chi connectivity index (χ1n) is 13.7. The highest BCUT2D eigenvalue weighted by Crippen LogP contribution is 2.29. The number of imidazole rings is 1. The van der Waals surface area contributed by atoms with Crippen LogP contribution in [0.5, 0.6) is 0 Å². The van der Waals surface area contributed by atoms with Crippen molar-refractivity contribution in [2.75, 3.05) is 33.0 Å². The van der Waals surface area contributed by atoms with E-state index >= 15 is 0 Å². The van der Waals surface area contributed by atoms with Crippen LogP contribution in [0, 0.1) is 23.0 Å². The fourth-order valence-corrected chi connectivity index (χ4v) is 4.47. The summed E-state index contributed by atoms with van der Waals surface area (Å²) in [6.07, 6.45) is 4.06. The van der Waals surface area contributed by atoms with Crippen LogP contribution in [0.3, 0.4) is 0 Å². The van der Waals surface area contributed by atoms with Gasteiger partial charge in [-0.2, -0.15) is 0 Å². The van der Waals surface area contributed by atoms with E-state index < -0.39 is 35.1 Å². The molecule has 43 heavy (non-hydrogen) atoms. The highest BCUT2D eigenvalue weighted by molar-refractivity contribution is 5.92. The number of hydrogen-bond donors (Lipinski definition) is 3. The number of anilines is 1. The van der Waals surface area contributed by atoms with Crippen molar-refractivity contribution in [2.24, 2.45) is 11.3 Å². The summed E-state index contributed by atoms with van der Waals surface area (Å²) < 4.78 is 30.3. The number of aromatic amines is 1. The predicted octanol–water partition coefficient (Wildman–Crippen LogP) is 4.23. The fourth-order valence-electron chi connectivity index (χ4n) is 4.47. The molecule has 0 spiro atoms. The van der Waals surface area contributed by atoms with Gasteiger partial charge in [-0.1, -0.05) is 26.8 Å². The third-order valence-electron chi connectivity index (χ3n) is 6.69. The third kappa shape index (κ3) is 8.72. The van der Waals surface area contributed by atoms with Crippen LogP contribution in [0.2, 0.25) is 0 Å². The van der Waals surface area contributed by atoms with Crippen LogP contribution < -0.4 is 10.9 Å². The van der Waals surface area contributed by atoms with Gasteiger partial charge in [0.15, 0.2) is 11.6 Å². The van der Waals surface area contributed by atoms with Gasteiger partial charge in [0.25, 0.3) is 5.56 Å². The monoisotopic (exact) mass is 600 g/mol. The Morgan fingerprint density at radius 2 is 1.91 bits per heavy atom. The van der Waals surface area contributed by atoms with E-state index in [2.05, 4.69) is 15.3 Å². The average molecular weight is 601 g/mol. The lowest BCUT2D eigenvalue weighted by Crippen LogP contribution is -2.37. The number of rotatable bonds is 11. The lowest BCUT2D eigenvalue weighted by atomic mass is 9.87.